The summed E-state index contributed by atoms with van der Waals surface area (Å²) in [6, 6.07) is 1.41. The van der Waals surface area contributed by atoms with Gasteiger partial charge in [0.2, 0.25) is 0 Å². The Morgan fingerprint density at radius 3 is 3.05 bits per heavy atom. The zero-order chi connectivity index (χ0) is 13.8. The summed E-state index contributed by atoms with van der Waals surface area (Å²) in [4.78, 5) is 15.9. The van der Waals surface area contributed by atoms with Crippen molar-refractivity contribution in [3.05, 3.63) is 23.6 Å². The lowest BCUT2D eigenvalue weighted by Crippen LogP contribution is -2.41. The van der Waals surface area contributed by atoms with Gasteiger partial charge in [0.15, 0.2) is 11.6 Å². The van der Waals surface area contributed by atoms with E-state index in [9.17, 15) is 9.18 Å². The second-order valence-corrected chi connectivity index (χ2v) is 4.65. The van der Waals surface area contributed by atoms with E-state index in [4.69, 9.17) is 4.74 Å². The number of nitrogens with zero attached hydrogens (tertiary/aromatic N) is 1. The number of aromatic nitrogens is 1. The highest BCUT2D eigenvalue weighted by atomic mass is 19.1. The van der Waals surface area contributed by atoms with Crippen LogP contribution in [0.15, 0.2) is 12.3 Å². The van der Waals surface area contributed by atoms with E-state index in [1.807, 2.05) is 6.92 Å². The van der Waals surface area contributed by atoms with Gasteiger partial charge >= 0.3 is 0 Å². The molecule has 2 N–H and O–H groups in total. The fourth-order valence-electron chi connectivity index (χ4n) is 2.19. The highest BCUT2D eigenvalue weighted by molar-refractivity contribution is 5.95. The Bertz CT molecular complexity index is 467. The number of amides is 1. The normalized spacial score (nSPS) is 22.9. The summed E-state index contributed by atoms with van der Waals surface area (Å²) in [6.07, 6.45) is 3.03. The van der Waals surface area contributed by atoms with Crippen molar-refractivity contribution in [1.82, 2.24) is 10.3 Å². The molecule has 1 amide bonds. The second kappa shape index (κ2) is 5.97. The van der Waals surface area contributed by atoms with Crippen molar-refractivity contribution in [2.45, 2.75) is 31.9 Å². The summed E-state index contributed by atoms with van der Waals surface area (Å²) in [7, 11) is 1.56. The number of rotatable bonds is 3. The van der Waals surface area contributed by atoms with Gasteiger partial charge in [0.1, 0.15) is 0 Å². The van der Waals surface area contributed by atoms with Gasteiger partial charge in [0.25, 0.3) is 5.91 Å². The molecule has 1 aromatic rings. The molecule has 5 nitrogen and oxygen atoms in total. The minimum absolute atomic E-state index is 0.0125. The summed E-state index contributed by atoms with van der Waals surface area (Å²) in [5.74, 6) is -0.953. The fraction of sp³-hybridized carbons (Fsp3) is 0.538. The van der Waals surface area contributed by atoms with E-state index in [2.05, 4.69) is 15.6 Å². The Balaban J connectivity index is 2.07. The van der Waals surface area contributed by atoms with Crippen molar-refractivity contribution in [3.63, 3.8) is 0 Å². The van der Waals surface area contributed by atoms with E-state index in [0.29, 0.717) is 6.61 Å². The maximum atomic E-state index is 13.9. The van der Waals surface area contributed by atoms with Crippen molar-refractivity contribution < 1.29 is 13.9 Å². The van der Waals surface area contributed by atoms with Crippen LogP contribution in [0.1, 0.15) is 30.1 Å². The van der Waals surface area contributed by atoms with Crippen molar-refractivity contribution >= 4 is 11.7 Å². The molecule has 0 aliphatic carbocycles. The number of hydrogen-bond acceptors (Lipinski definition) is 4. The molecule has 1 aliphatic rings. The molecule has 0 bridgehead atoms. The lowest BCUT2D eigenvalue weighted by atomic mass is 10.0. The first-order valence-corrected chi connectivity index (χ1v) is 6.36. The summed E-state index contributed by atoms with van der Waals surface area (Å²) in [5, 5.41) is 5.46. The average Bonchev–Trinajstić information content (AvgIpc) is 2.39. The van der Waals surface area contributed by atoms with Gasteiger partial charge in [0.05, 0.1) is 11.7 Å². The Labute approximate surface area is 111 Å². The van der Waals surface area contributed by atoms with Crippen LogP contribution in [0.5, 0.6) is 0 Å². The first kappa shape index (κ1) is 13.7. The number of hydrogen-bond donors (Lipinski definition) is 2. The topological polar surface area (TPSA) is 63.2 Å². The van der Waals surface area contributed by atoms with Crippen LogP contribution in [-0.4, -0.2) is 36.7 Å². The summed E-state index contributed by atoms with van der Waals surface area (Å²) >= 11 is 0. The summed E-state index contributed by atoms with van der Waals surface area (Å²) < 4.78 is 19.4. The summed E-state index contributed by atoms with van der Waals surface area (Å²) in [5.41, 5.74) is 0.0125. The number of halogens is 1. The molecule has 1 aliphatic heterocycles. The maximum Gasteiger partial charge on any atom is 0.254 e. The highest BCUT2D eigenvalue weighted by Gasteiger charge is 2.23. The zero-order valence-electron chi connectivity index (χ0n) is 11.1. The van der Waals surface area contributed by atoms with E-state index in [1.54, 1.807) is 7.05 Å². The van der Waals surface area contributed by atoms with Crippen LogP contribution < -0.4 is 10.6 Å². The standard InChI is InChI=1S/C13H18FN3O2/c1-8-7-9(4-6-19-8)17-13(18)10-3-5-16-12(15-2)11(10)14/h3,5,8-9H,4,6-7H2,1-2H3,(H,15,16)(H,17,18). The molecule has 0 aromatic carbocycles. The summed E-state index contributed by atoms with van der Waals surface area (Å²) in [6.45, 7) is 2.58. The molecule has 2 rings (SSSR count). The van der Waals surface area contributed by atoms with Crippen LogP contribution in [0.25, 0.3) is 0 Å². The molecule has 1 aromatic heterocycles. The molecular formula is C13H18FN3O2. The lowest BCUT2D eigenvalue weighted by Gasteiger charge is -2.28. The smallest absolute Gasteiger partial charge is 0.254 e. The van der Waals surface area contributed by atoms with E-state index < -0.39 is 11.7 Å². The van der Waals surface area contributed by atoms with Gasteiger partial charge in [-0.15, -0.1) is 0 Å². The highest BCUT2D eigenvalue weighted by Crippen LogP contribution is 2.17. The first-order valence-electron chi connectivity index (χ1n) is 6.36. The molecule has 1 fully saturated rings. The van der Waals surface area contributed by atoms with Crippen molar-refractivity contribution in [3.8, 4) is 0 Å². The maximum absolute atomic E-state index is 13.9. The van der Waals surface area contributed by atoms with Gasteiger partial charge in [-0.05, 0) is 25.8 Å². The molecule has 2 unspecified atom stereocenters. The lowest BCUT2D eigenvalue weighted by molar-refractivity contribution is 0.0136. The van der Waals surface area contributed by atoms with Gasteiger partial charge < -0.3 is 15.4 Å². The predicted molar refractivity (Wildman–Crippen MR) is 69.6 cm³/mol. The molecular weight excluding hydrogens is 249 g/mol. The minimum atomic E-state index is -0.623. The third-order valence-corrected chi connectivity index (χ3v) is 3.19. The van der Waals surface area contributed by atoms with Gasteiger partial charge in [-0.3, -0.25) is 4.79 Å². The number of ether oxygens (including phenoxy) is 1. The zero-order valence-corrected chi connectivity index (χ0v) is 11.1. The molecule has 1 saturated heterocycles. The van der Waals surface area contributed by atoms with Crippen LogP contribution in [0.4, 0.5) is 10.2 Å². The quantitative estimate of drug-likeness (QED) is 0.872. The molecule has 19 heavy (non-hydrogen) atoms. The van der Waals surface area contributed by atoms with E-state index >= 15 is 0 Å². The van der Waals surface area contributed by atoms with E-state index in [-0.39, 0.29) is 23.5 Å². The Morgan fingerprint density at radius 2 is 2.37 bits per heavy atom. The second-order valence-electron chi connectivity index (χ2n) is 4.65. The largest absolute Gasteiger partial charge is 0.378 e. The first-order chi connectivity index (χ1) is 9.11. The Kier molecular flexibility index (Phi) is 4.31. The van der Waals surface area contributed by atoms with E-state index in [0.717, 1.165) is 12.8 Å². The van der Waals surface area contributed by atoms with Gasteiger partial charge in [-0.2, -0.15) is 0 Å². The molecule has 0 saturated carbocycles. The van der Waals surface area contributed by atoms with Crippen LogP contribution >= 0.6 is 0 Å². The molecule has 2 heterocycles. The molecule has 2 atom stereocenters. The molecule has 104 valence electrons. The average molecular weight is 267 g/mol. The monoisotopic (exact) mass is 267 g/mol. The van der Waals surface area contributed by atoms with Crippen molar-refractivity contribution in [2.75, 3.05) is 19.0 Å². The van der Waals surface area contributed by atoms with Crippen molar-refractivity contribution in [1.29, 1.82) is 0 Å². The molecule has 0 radical (unpaired) electrons. The third kappa shape index (κ3) is 3.20. The van der Waals surface area contributed by atoms with Crippen LogP contribution in [0.3, 0.4) is 0 Å². The number of carbonyl (C=O) groups is 1. The van der Waals surface area contributed by atoms with Gasteiger partial charge in [-0.1, -0.05) is 0 Å². The fourth-order valence-corrected chi connectivity index (χ4v) is 2.19. The minimum Gasteiger partial charge on any atom is -0.378 e. The number of carbonyl (C=O) groups excluding carboxylic acids is 1. The van der Waals surface area contributed by atoms with E-state index in [1.165, 1.54) is 12.3 Å². The SMILES string of the molecule is CNc1nccc(C(=O)NC2CCOC(C)C2)c1F. The van der Waals surface area contributed by atoms with Crippen LogP contribution in [0.2, 0.25) is 0 Å². The number of anilines is 1. The van der Waals surface area contributed by atoms with Crippen LogP contribution in [-0.2, 0) is 4.74 Å². The van der Waals surface area contributed by atoms with Crippen molar-refractivity contribution in [2.24, 2.45) is 0 Å². The van der Waals surface area contributed by atoms with Gasteiger partial charge in [0, 0.05) is 25.9 Å². The molecule has 6 heteroatoms. The number of pyridine rings is 1. The Morgan fingerprint density at radius 1 is 1.58 bits per heavy atom. The van der Waals surface area contributed by atoms with Gasteiger partial charge in [-0.25, -0.2) is 9.37 Å². The number of nitrogens with one attached hydrogen (secondary N) is 2. The third-order valence-electron chi connectivity index (χ3n) is 3.19. The van der Waals surface area contributed by atoms with Crippen LogP contribution in [0, 0.1) is 5.82 Å². The molecule has 0 spiro atoms. The Hall–Kier alpha value is -1.69. The predicted octanol–water partition coefficient (Wildman–Crippen LogP) is 1.56.